The van der Waals surface area contributed by atoms with E-state index < -0.39 is 0 Å². The van der Waals surface area contributed by atoms with Gasteiger partial charge in [-0.15, -0.1) is 0 Å². The third kappa shape index (κ3) is 4.44. The SMILES string of the molecule is CCN(C)/C=N/c1cc(C)c(C(=O)Oc2ccc(C)cc2)cc1C. The number of rotatable bonds is 5. The van der Waals surface area contributed by atoms with Gasteiger partial charge < -0.3 is 9.64 Å². The van der Waals surface area contributed by atoms with Gasteiger partial charge in [0.1, 0.15) is 5.75 Å². The number of ether oxygens (including phenoxy) is 1. The highest BCUT2D eigenvalue weighted by Crippen LogP contribution is 2.24. The van der Waals surface area contributed by atoms with Crippen molar-refractivity contribution >= 4 is 18.0 Å². The maximum atomic E-state index is 12.4. The van der Waals surface area contributed by atoms with E-state index in [4.69, 9.17) is 4.74 Å². The lowest BCUT2D eigenvalue weighted by Crippen LogP contribution is -2.14. The van der Waals surface area contributed by atoms with Gasteiger partial charge in [0.2, 0.25) is 0 Å². The summed E-state index contributed by atoms with van der Waals surface area (Å²) in [5.74, 6) is 0.204. The lowest BCUT2D eigenvalue weighted by Gasteiger charge is -2.11. The van der Waals surface area contributed by atoms with Gasteiger partial charge in [0.15, 0.2) is 0 Å². The maximum absolute atomic E-state index is 12.4. The maximum Gasteiger partial charge on any atom is 0.343 e. The Labute approximate surface area is 143 Å². The molecule has 0 saturated carbocycles. The van der Waals surface area contributed by atoms with E-state index in [-0.39, 0.29) is 5.97 Å². The fourth-order valence-electron chi connectivity index (χ4n) is 2.17. The smallest absolute Gasteiger partial charge is 0.343 e. The molecule has 0 radical (unpaired) electrons. The summed E-state index contributed by atoms with van der Waals surface area (Å²) < 4.78 is 5.46. The predicted molar refractivity (Wildman–Crippen MR) is 98.5 cm³/mol. The molecule has 0 unspecified atom stereocenters. The normalized spacial score (nSPS) is 10.9. The molecule has 0 amide bonds. The number of carbonyl (C=O) groups excluding carboxylic acids is 1. The number of aliphatic imine (C=N–C) groups is 1. The molecule has 24 heavy (non-hydrogen) atoms. The van der Waals surface area contributed by atoms with Crippen molar-refractivity contribution in [3.8, 4) is 5.75 Å². The number of aryl methyl sites for hydroxylation is 3. The van der Waals surface area contributed by atoms with Crippen molar-refractivity contribution in [2.24, 2.45) is 4.99 Å². The molecule has 4 nitrogen and oxygen atoms in total. The zero-order valence-corrected chi connectivity index (χ0v) is 15.0. The Balaban J connectivity index is 2.21. The first-order valence-corrected chi connectivity index (χ1v) is 8.05. The van der Waals surface area contributed by atoms with Gasteiger partial charge in [-0.25, -0.2) is 9.79 Å². The standard InChI is InChI=1S/C20H24N2O2/c1-6-22(5)13-21-19-12-15(3)18(11-16(19)4)20(23)24-17-9-7-14(2)8-10-17/h7-13H,6H2,1-5H3/b21-13+. The minimum absolute atomic E-state index is 0.347. The van der Waals surface area contributed by atoms with Crippen molar-refractivity contribution in [2.45, 2.75) is 27.7 Å². The molecule has 0 aliphatic heterocycles. The first-order chi connectivity index (χ1) is 11.4. The lowest BCUT2D eigenvalue weighted by molar-refractivity contribution is 0.0734. The number of hydrogen-bond acceptors (Lipinski definition) is 3. The highest BCUT2D eigenvalue weighted by molar-refractivity contribution is 5.93. The van der Waals surface area contributed by atoms with Crippen molar-refractivity contribution in [1.82, 2.24) is 4.90 Å². The van der Waals surface area contributed by atoms with Gasteiger partial charge in [-0.05, 0) is 63.1 Å². The fourth-order valence-corrected chi connectivity index (χ4v) is 2.17. The average Bonchev–Trinajstić information content (AvgIpc) is 2.56. The van der Waals surface area contributed by atoms with Crippen LogP contribution in [0.5, 0.6) is 5.75 Å². The van der Waals surface area contributed by atoms with E-state index >= 15 is 0 Å². The molecule has 2 aromatic carbocycles. The van der Waals surface area contributed by atoms with Gasteiger partial charge >= 0.3 is 5.97 Å². The molecule has 0 fully saturated rings. The molecule has 4 heteroatoms. The molecule has 0 bridgehead atoms. The lowest BCUT2D eigenvalue weighted by atomic mass is 10.0. The van der Waals surface area contributed by atoms with Gasteiger partial charge in [-0.2, -0.15) is 0 Å². The quantitative estimate of drug-likeness (QED) is 0.353. The average molecular weight is 324 g/mol. The van der Waals surface area contributed by atoms with E-state index in [0.717, 1.165) is 28.9 Å². The Morgan fingerprint density at radius 2 is 1.79 bits per heavy atom. The summed E-state index contributed by atoms with van der Waals surface area (Å²) in [6.07, 6.45) is 1.80. The Morgan fingerprint density at radius 1 is 1.12 bits per heavy atom. The van der Waals surface area contributed by atoms with Crippen LogP contribution in [0.3, 0.4) is 0 Å². The molecular formula is C20H24N2O2. The van der Waals surface area contributed by atoms with E-state index in [1.807, 2.05) is 57.0 Å². The second-order valence-electron chi connectivity index (χ2n) is 5.97. The van der Waals surface area contributed by atoms with Gasteiger partial charge in [0.05, 0.1) is 17.6 Å². The Hall–Kier alpha value is -2.62. The largest absolute Gasteiger partial charge is 0.423 e. The molecule has 126 valence electrons. The van der Waals surface area contributed by atoms with Crippen LogP contribution < -0.4 is 4.74 Å². The summed E-state index contributed by atoms with van der Waals surface area (Å²) in [5, 5.41) is 0. The van der Waals surface area contributed by atoms with E-state index in [0.29, 0.717) is 11.3 Å². The summed E-state index contributed by atoms with van der Waals surface area (Å²) >= 11 is 0. The van der Waals surface area contributed by atoms with Crippen LogP contribution in [0.15, 0.2) is 41.4 Å². The van der Waals surface area contributed by atoms with Crippen LogP contribution in [0.1, 0.15) is 34.0 Å². The molecule has 2 aromatic rings. The summed E-state index contributed by atoms with van der Waals surface area (Å²) in [7, 11) is 1.97. The molecular weight excluding hydrogens is 300 g/mol. The van der Waals surface area contributed by atoms with E-state index in [9.17, 15) is 4.79 Å². The van der Waals surface area contributed by atoms with Crippen LogP contribution in [0.25, 0.3) is 0 Å². The van der Waals surface area contributed by atoms with Crippen molar-refractivity contribution in [3.05, 3.63) is 58.7 Å². The third-order valence-corrected chi connectivity index (χ3v) is 3.89. The van der Waals surface area contributed by atoms with Gasteiger partial charge in [-0.1, -0.05) is 17.7 Å². The number of benzene rings is 2. The number of carbonyl (C=O) groups is 1. The summed E-state index contributed by atoms with van der Waals surface area (Å²) in [4.78, 5) is 18.9. The second kappa shape index (κ2) is 7.77. The molecule has 0 N–H and O–H groups in total. The van der Waals surface area contributed by atoms with E-state index in [2.05, 4.69) is 11.9 Å². The topological polar surface area (TPSA) is 41.9 Å². The first kappa shape index (κ1) is 17.7. The zero-order chi connectivity index (χ0) is 17.7. The van der Waals surface area contributed by atoms with Crippen LogP contribution in [0.2, 0.25) is 0 Å². The Bertz CT molecular complexity index is 749. The third-order valence-electron chi connectivity index (χ3n) is 3.89. The predicted octanol–water partition coefficient (Wildman–Crippen LogP) is 4.44. The highest BCUT2D eigenvalue weighted by atomic mass is 16.5. The summed E-state index contributed by atoms with van der Waals surface area (Å²) in [5.41, 5.74) is 4.35. The fraction of sp³-hybridized carbons (Fsp3) is 0.300. The van der Waals surface area contributed by atoms with Crippen LogP contribution in [0, 0.1) is 20.8 Å². The van der Waals surface area contributed by atoms with Crippen LogP contribution >= 0.6 is 0 Å². The number of hydrogen-bond donors (Lipinski definition) is 0. The summed E-state index contributed by atoms with van der Waals surface area (Å²) in [6.45, 7) is 8.79. The van der Waals surface area contributed by atoms with E-state index in [1.165, 1.54) is 0 Å². The molecule has 0 aliphatic rings. The number of nitrogens with zero attached hydrogens (tertiary/aromatic N) is 2. The highest BCUT2D eigenvalue weighted by Gasteiger charge is 2.14. The monoisotopic (exact) mass is 324 g/mol. The van der Waals surface area contributed by atoms with Gasteiger partial charge in [-0.3, -0.25) is 0 Å². The molecule has 2 rings (SSSR count). The van der Waals surface area contributed by atoms with Gasteiger partial charge in [0.25, 0.3) is 0 Å². The van der Waals surface area contributed by atoms with Crippen LogP contribution in [0.4, 0.5) is 5.69 Å². The summed E-state index contributed by atoms with van der Waals surface area (Å²) in [6, 6.07) is 11.2. The van der Waals surface area contributed by atoms with E-state index in [1.54, 1.807) is 18.5 Å². The first-order valence-electron chi connectivity index (χ1n) is 8.05. The Morgan fingerprint density at radius 3 is 2.42 bits per heavy atom. The molecule has 0 saturated heterocycles. The zero-order valence-electron chi connectivity index (χ0n) is 15.0. The molecule has 0 aliphatic carbocycles. The minimum atomic E-state index is -0.347. The van der Waals surface area contributed by atoms with Gasteiger partial charge in [0, 0.05) is 13.6 Å². The second-order valence-corrected chi connectivity index (χ2v) is 5.97. The van der Waals surface area contributed by atoms with Crippen molar-refractivity contribution in [1.29, 1.82) is 0 Å². The van der Waals surface area contributed by atoms with Crippen molar-refractivity contribution in [3.63, 3.8) is 0 Å². The van der Waals surface area contributed by atoms with Crippen molar-refractivity contribution in [2.75, 3.05) is 13.6 Å². The minimum Gasteiger partial charge on any atom is -0.423 e. The molecule has 0 aromatic heterocycles. The van der Waals surface area contributed by atoms with Crippen LogP contribution in [-0.2, 0) is 0 Å². The molecule has 0 atom stereocenters. The molecule has 0 spiro atoms. The molecule has 0 heterocycles. The number of esters is 1. The van der Waals surface area contributed by atoms with Crippen LogP contribution in [-0.4, -0.2) is 30.8 Å². The Kier molecular flexibility index (Phi) is 5.74. The van der Waals surface area contributed by atoms with Crippen molar-refractivity contribution < 1.29 is 9.53 Å².